The maximum absolute atomic E-state index is 5.40. The van der Waals surface area contributed by atoms with Crippen LogP contribution in [-0.4, -0.2) is 19.7 Å². The van der Waals surface area contributed by atoms with Gasteiger partial charge in [0.05, 0.1) is 18.0 Å². The second kappa shape index (κ2) is 3.56. The van der Waals surface area contributed by atoms with Gasteiger partial charge in [-0.25, -0.2) is 0 Å². The Morgan fingerprint density at radius 1 is 1.23 bits per heavy atom. The van der Waals surface area contributed by atoms with Crippen molar-refractivity contribution in [2.75, 3.05) is 30.3 Å². The predicted octanol–water partition coefficient (Wildman–Crippen LogP) is 1.92. The van der Waals surface area contributed by atoms with E-state index in [0.29, 0.717) is 6.61 Å². The van der Waals surface area contributed by atoms with E-state index in [1.165, 1.54) is 0 Å². The summed E-state index contributed by atoms with van der Waals surface area (Å²) in [6.45, 7) is 4.67. The quantitative estimate of drug-likeness (QED) is 0.726. The van der Waals surface area contributed by atoms with Crippen LogP contribution in [0.3, 0.4) is 0 Å². The van der Waals surface area contributed by atoms with Crippen molar-refractivity contribution in [3.8, 4) is 5.75 Å². The van der Waals surface area contributed by atoms with Crippen molar-refractivity contribution in [1.29, 1.82) is 0 Å². The van der Waals surface area contributed by atoms with E-state index in [1.807, 2.05) is 25.1 Å². The van der Waals surface area contributed by atoms with Gasteiger partial charge in [-0.15, -0.1) is 0 Å². The average molecular weight is 178 g/mol. The molecule has 0 atom stereocenters. The van der Waals surface area contributed by atoms with Crippen LogP contribution in [0.15, 0.2) is 18.2 Å². The molecular weight excluding hydrogens is 164 g/mol. The van der Waals surface area contributed by atoms with Gasteiger partial charge in [0, 0.05) is 19.2 Å². The molecule has 0 fully saturated rings. The van der Waals surface area contributed by atoms with Crippen LogP contribution in [-0.2, 0) is 0 Å². The van der Waals surface area contributed by atoms with Crippen molar-refractivity contribution in [3.63, 3.8) is 0 Å². The first kappa shape index (κ1) is 8.23. The van der Waals surface area contributed by atoms with Crippen LogP contribution in [0, 0.1) is 0 Å². The molecule has 0 bridgehead atoms. The first-order valence-electron chi connectivity index (χ1n) is 4.65. The van der Waals surface area contributed by atoms with E-state index in [1.54, 1.807) is 0 Å². The first-order valence-corrected chi connectivity index (χ1v) is 4.65. The molecule has 1 heterocycles. The van der Waals surface area contributed by atoms with Gasteiger partial charge in [0.25, 0.3) is 0 Å². The van der Waals surface area contributed by atoms with Gasteiger partial charge in [-0.05, 0) is 19.1 Å². The summed E-state index contributed by atoms with van der Waals surface area (Å²) >= 11 is 0. The number of hydrogen-bond donors (Lipinski definition) is 2. The third kappa shape index (κ3) is 1.69. The van der Waals surface area contributed by atoms with Crippen molar-refractivity contribution in [2.45, 2.75) is 6.92 Å². The highest BCUT2D eigenvalue weighted by Crippen LogP contribution is 2.28. The Balaban J connectivity index is 2.24. The van der Waals surface area contributed by atoms with E-state index in [0.717, 1.165) is 30.2 Å². The van der Waals surface area contributed by atoms with E-state index in [-0.39, 0.29) is 0 Å². The Kier molecular flexibility index (Phi) is 2.25. The Labute approximate surface area is 78.1 Å². The number of fused-ring (bicyclic) bond motifs is 1. The third-order valence-corrected chi connectivity index (χ3v) is 2.06. The molecule has 3 heteroatoms. The number of ether oxygens (including phenoxy) is 1. The van der Waals surface area contributed by atoms with Crippen LogP contribution >= 0.6 is 0 Å². The molecule has 1 aliphatic heterocycles. The Hall–Kier alpha value is -1.38. The lowest BCUT2D eigenvalue weighted by Gasteiger charge is -2.20. The fourth-order valence-electron chi connectivity index (χ4n) is 1.47. The largest absolute Gasteiger partial charge is 0.494 e. The van der Waals surface area contributed by atoms with Crippen LogP contribution in [0.1, 0.15) is 6.92 Å². The summed E-state index contributed by atoms with van der Waals surface area (Å²) in [7, 11) is 0. The smallest absolute Gasteiger partial charge is 0.121 e. The minimum absolute atomic E-state index is 0.714. The molecule has 0 amide bonds. The summed E-state index contributed by atoms with van der Waals surface area (Å²) in [5.41, 5.74) is 2.30. The molecule has 0 radical (unpaired) electrons. The molecule has 0 saturated heterocycles. The number of hydrogen-bond acceptors (Lipinski definition) is 3. The molecular formula is C10H14N2O. The molecule has 0 aliphatic carbocycles. The van der Waals surface area contributed by atoms with Gasteiger partial charge in [-0.1, -0.05) is 0 Å². The summed E-state index contributed by atoms with van der Waals surface area (Å²) in [4.78, 5) is 0. The van der Waals surface area contributed by atoms with Crippen molar-refractivity contribution in [1.82, 2.24) is 0 Å². The van der Waals surface area contributed by atoms with Crippen LogP contribution in [0.25, 0.3) is 0 Å². The topological polar surface area (TPSA) is 33.3 Å². The molecule has 2 N–H and O–H groups in total. The van der Waals surface area contributed by atoms with Gasteiger partial charge in [-0.2, -0.15) is 0 Å². The Morgan fingerprint density at radius 2 is 2.00 bits per heavy atom. The molecule has 1 aromatic rings. The standard InChI is InChI=1S/C10H14N2O/c1-2-13-8-3-4-9-10(7-8)12-6-5-11-9/h3-4,7,11-12H,2,5-6H2,1H3. The summed E-state index contributed by atoms with van der Waals surface area (Å²) in [5.74, 6) is 0.928. The zero-order valence-electron chi connectivity index (χ0n) is 7.76. The van der Waals surface area contributed by atoms with Gasteiger partial charge in [0.1, 0.15) is 5.75 Å². The SMILES string of the molecule is CCOc1ccc2c(c1)NCCN2. The van der Waals surface area contributed by atoms with Crippen molar-refractivity contribution in [2.24, 2.45) is 0 Å². The average Bonchev–Trinajstić information content (AvgIpc) is 2.18. The number of nitrogens with one attached hydrogen (secondary N) is 2. The molecule has 0 saturated carbocycles. The van der Waals surface area contributed by atoms with E-state index < -0.39 is 0 Å². The maximum atomic E-state index is 5.40. The fraction of sp³-hybridized carbons (Fsp3) is 0.400. The zero-order valence-corrected chi connectivity index (χ0v) is 7.76. The molecule has 1 aromatic carbocycles. The minimum Gasteiger partial charge on any atom is -0.494 e. The van der Waals surface area contributed by atoms with Crippen LogP contribution in [0.2, 0.25) is 0 Å². The number of rotatable bonds is 2. The van der Waals surface area contributed by atoms with Gasteiger partial charge in [0.15, 0.2) is 0 Å². The highest BCUT2D eigenvalue weighted by molar-refractivity contribution is 5.72. The van der Waals surface area contributed by atoms with Crippen LogP contribution in [0.4, 0.5) is 11.4 Å². The monoisotopic (exact) mass is 178 g/mol. The molecule has 2 rings (SSSR count). The second-order valence-corrected chi connectivity index (χ2v) is 2.99. The highest BCUT2D eigenvalue weighted by Gasteiger charge is 2.07. The van der Waals surface area contributed by atoms with Crippen LogP contribution in [0.5, 0.6) is 5.75 Å². The third-order valence-electron chi connectivity index (χ3n) is 2.06. The summed E-state index contributed by atoms with van der Waals surface area (Å²) in [5, 5.41) is 6.63. The van der Waals surface area contributed by atoms with E-state index in [9.17, 15) is 0 Å². The van der Waals surface area contributed by atoms with Gasteiger partial charge in [0.2, 0.25) is 0 Å². The van der Waals surface area contributed by atoms with Gasteiger partial charge < -0.3 is 15.4 Å². The summed E-state index contributed by atoms with van der Waals surface area (Å²) in [6.07, 6.45) is 0. The normalized spacial score (nSPS) is 13.9. The lowest BCUT2D eigenvalue weighted by atomic mass is 10.2. The number of benzene rings is 1. The summed E-state index contributed by atoms with van der Waals surface area (Å²) < 4.78 is 5.40. The molecule has 1 aliphatic rings. The summed E-state index contributed by atoms with van der Waals surface area (Å²) in [6, 6.07) is 6.07. The second-order valence-electron chi connectivity index (χ2n) is 2.99. The molecule has 0 spiro atoms. The number of anilines is 2. The predicted molar refractivity (Wildman–Crippen MR) is 54.6 cm³/mol. The lowest BCUT2D eigenvalue weighted by molar-refractivity contribution is 0.340. The van der Waals surface area contributed by atoms with E-state index in [4.69, 9.17) is 4.74 Å². The minimum atomic E-state index is 0.714. The van der Waals surface area contributed by atoms with Crippen molar-refractivity contribution < 1.29 is 4.74 Å². The molecule has 0 aromatic heterocycles. The lowest BCUT2D eigenvalue weighted by Crippen LogP contribution is -2.20. The van der Waals surface area contributed by atoms with E-state index in [2.05, 4.69) is 10.6 Å². The molecule has 70 valence electrons. The Bertz CT molecular complexity index is 299. The van der Waals surface area contributed by atoms with Gasteiger partial charge in [-0.3, -0.25) is 0 Å². The van der Waals surface area contributed by atoms with Crippen molar-refractivity contribution in [3.05, 3.63) is 18.2 Å². The molecule has 3 nitrogen and oxygen atoms in total. The molecule has 13 heavy (non-hydrogen) atoms. The maximum Gasteiger partial charge on any atom is 0.121 e. The van der Waals surface area contributed by atoms with E-state index >= 15 is 0 Å². The highest BCUT2D eigenvalue weighted by atomic mass is 16.5. The fourth-order valence-corrected chi connectivity index (χ4v) is 1.47. The first-order chi connectivity index (χ1) is 6.40. The van der Waals surface area contributed by atoms with Crippen molar-refractivity contribution >= 4 is 11.4 Å². The van der Waals surface area contributed by atoms with Crippen LogP contribution < -0.4 is 15.4 Å². The zero-order chi connectivity index (χ0) is 9.10. The van der Waals surface area contributed by atoms with Gasteiger partial charge >= 0.3 is 0 Å². The Morgan fingerprint density at radius 3 is 2.77 bits per heavy atom. The molecule has 0 unspecified atom stereocenters.